The molecule has 0 aliphatic rings. The maximum atomic E-state index is 9.19. The maximum Gasteiger partial charge on any atom is 0.124 e. The van der Waals surface area contributed by atoms with Crippen LogP contribution < -0.4 is 0 Å². The highest BCUT2D eigenvalue weighted by Gasteiger charge is 2.18. The van der Waals surface area contributed by atoms with E-state index in [4.69, 9.17) is 14.7 Å². The molecule has 0 unspecified atom stereocenters. The zero-order valence-corrected chi connectivity index (χ0v) is 21.6. The highest BCUT2D eigenvalue weighted by Crippen LogP contribution is 2.32. The maximum absolute atomic E-state index is 9.19. The first-order valence-electron chi connectivity index (χ1n) is 11.9. The lowest BCUT2D eigenvalue weighted by atomic mass is 10.0. The molecule has 7 heteroatoms. The van der Waals surface area contributed by atoms with Crippen LogP contribution in [-0.4, -0.2) is 45.9 Å². The van der Waals surface area contributed by atoms with Crippen LogP contribution in [0.25, 0.3) is 33.5 Å². The monoisotopic (exact) mass is 474 g/mol. The standard InChI is InChI=1S/C27H34N4O2Si/c1-20-7-5-9-25(30-20)26-27(31(18-29-26)19-33-13-14-34(2,3)4)22-10-11-24-23(16-22)15-21(17-28-24)8-6-12-32/h5,7,9-11,15-18,32H,6,8,12-14,19H2,1-4H3. The van der Waals surface area contributed by atoms with E-state index >= 15 is 0 Å². The van der Waals surface area contributed by atoms with Gasteiger partial charge < -0.3 is 14.4 Å². The third-order valence-corrected chi connectivity index (χ3v) is 7.53. The van der Waals surface area contributed by atoms with E-state index in [-0.39, 0.29) is 6.61 Å². The van der Waals surface area contributed by atoms with Crippen molar-refractivity contribution in [3.63, 3.8) is 0 Å². The molecule has 1 aromatic carbocycles. The van der Waals surface area contributed by atoms with Gasteiger partial charge in [-0.15, -0.1) is 0 Å². The van der Waals surface area contributed by atoms with Crippen molar-refractivity contribution in [2.75, 3.05) is 13.2 Å². The summed E-state index contributed by atoms with van der Waals surface area (Å²) in [5, 5.41) is 10.3. The fraction of sp³-hybridized carbons (Fsp3) is 0.370. The Morgan fingerprint density at radius 1 is 1.06 bits per heavy atom. The van der Waals surface area contributed by atoms with Gasteiger partial charge in [0.25, 0.3) is 0 Å². The molecule has 6 nitrogen and oxygen atoms in total. The molecule has 0 saturated carbocycles. The Bertz CT molecular complexity index is 1260. The van der Waals surface area contributed by atoms with E-state index in [2.05, 4.69) is 53.5 Å². The van der Waals surface area contributed by atoms with Crippen LogP contribution in [0.3, 0.4) is 0 Å². The quantitative estimate of drug-likeness (QED) is 0.236. The first-order valence-corrected chi connectivity index (χ1v) is 15.6. The van der Waals surface area contributed by atoms with Crippen molar-refractivity contribution in [1.82, 2.24) is 19.5 Å². The average molecular weight is 475 g/mol. The summed E-state index contributed by atoms with van der Waals surface area (Å²) in [4.78, 5) is 14.1. The Balaban J connectivity index is 1.72. The number of rotatable bonds is 10. The van der Waals surface area contributed by atoms with Gasteiger partial charge in [0.15, 0.2) is 0 Å². The van der Waals surface area contributed by atoms with Gasteiger partial charge in [0.1, 0.15) is 12.4 Å². The molecule has 0 aliphatic heterocycles. The summed E-state index contributed by atoms with van der Waals surface area (Å²) < 4.78 is 8.16. The Labute approximate surface area is 202 Å². The number of hydrogen-bond acceptors (Lipinski definition) is 5. The highest BCUT2D eigenvalue weighted by atomic mass is 28.3. The number of aryl methyl sites for hydroxylation is 2. The van der Waals surface area contributed by atoms with Crippen LogP contribution in [0.15, 0.2) is 55.0 Å². The van der Waals surface area contributed by atoms with Crippen molar-refractivity contribution in [3.05, 3.63) is 66.2 Å². The molecule has 34 heavy (non-hydrogen) atoms. The number of aliphatic hydroxyl groups is 1. The number of imidazole rings is 1. The SMILES string of the molecule is Cc1cccc(-c2ncn(COCC[Si](C)(C)C)c2-c2ccc3ncc(CCCO)cc3c2)n1. The van der Waals surface area contributed by atoms with Crippen molar-refractivity contribution >= 4 is 19.0 Å². The minimum atomic E-state index is -1.15. The van der Waals surface area contributed by atoms with Gasteiger partial charge in [-0.1, -0.05) is 31.8 Å². The number of aromatic nitrogens is 4. The predicted molar refractivity (Wildman–Crippen MR) is 140 cm³/mol. The van der Waals surface area contributed by atoms with Gasteiger partial charge in [-0.05, 0) is 61.7 Å². The largest absolute Gasteiger partial charge is 0.396 e. The summed E-state index contributed by atoms with van der Waals surface area (Å²) in [5.74, 6) is 0. The second-order valence-electron chi connectivity index (χ2n) is 10.0. The van der Waals surface area contributed by atoms with Crippen LogP contribution in [0.1, 0.15) is 17.7 Å². The molecule has 4 rings (SSSR count). The molecule has 0 aliphatic carbocycles. The fourth-order valence-corrected chi connectivity index (χ4v) is 4.69. The minimum Gasteiger partial charge on any atom is -0.396 e. The lowest BCUT2D eigenvalue weighted by Crippen LogP contribution is -2.22. The van der Waals surface area contributed by atoms with Crippen LogP contribution >= 0.6 is 0 Å². The van der Waals surface area contributed by atoms with Crippen LogP contribution in [-0.2, 0) is 17.9 Å². The second-order valence-corrected chi connectivity index (χ2v) is 15.6. The van der Waals surface area contributed by atoms with Crippen LogP contribution in [0.5, 0.6) is 0 Å². The molecule has 0 spiro atoms. The van der Waals surface area contributed by atoms with Gasteiger partial charge in [0, 0.05) is 44.1 Å². The topological polar surface area (TPSA) is 73.1 Å². The van der Waals surface area contributed by atoms with E-state index in [0.717, 1.165) is 70.3 Å². The molecule has 4 aromatic rings. The van der Waals surface area contributed by atoms with Crippen molar-refractivity contribution in [3.8, 4) is 22.6 Å². The zero-order valence-electron chi connectivity index (χ0n) is 20.6. The first kappa shape index (κ1) is 24.3. The number of aliphatic hydroxyl groups excluding tert-OH is 1. The summed E-state index contributed by atoms with van der Waals surface area (Å²) in [6, 6.07) is 15.6. The molecule has 0 fully saturated rings. The molecular formula is C27H34N4O2Si. The van der Waals surface area contributed by atoms with E-state index in [1.54, 1.807) is 0 Å². The Morgan fingerprint density at radius 3 is 2.68 bits per heavy atom. The van der Waals surface area contributed by atoms with Gasteiger partial charge in [-0.25, -0.2) is 4.98 Å². The average Bonchev–Trinajstić information content (AvgIpc) is 3.23. The van der Waals surface area contributed by atoms with Crippen molar-refractivity contribution in [1.29, 1.82) is 0 Å². The number of benzene rings is 1. The Morgan fingerprint density at radius 2 is 1.91 bits per heavy atom. The molecule has 1 N–H and O–H groups in total. The zero-order chi connectivity index (χ0) is 24.1. The van der Waals surface area contributed by atoms with Crippen molar-refractivity contribution in [2.45, 2.75) is 52.2 Å². The van der Waals surface area contributed by atoms with E-state index in [0.29, 0.717) is 6.73 Å². The van der Waals surface area contributed by atoms with Crippen LogP contribution in [0.4, 0.5) is 0 Å². The summed E-state index contributed by atoms with van der Waals surface area (Å²) in [7, 11) is -1.15. The summed E-state index contributed by atoms with van der Waals surface area (Å²) >= 11 is 0. The van der Waals surface area contributed by atoms with Gasteiger partial charge in [-0.2, -0.15) is 0 Å². The van der Waals surface area contributed by atoms with Crippen molar-refractivity contribution < 1.29 is 9.84 Å². The summed E-state index contributed by atoms with van der Waals surface area (Å²) in [5.41, 5.74) is 6.78. The molecule has 0 radical (unpaired) electrons. The molecule has 0 saturated heterocycles. The van der Waals surface area contributed by atoms with E-state index in [9.17, 15) is 5.11 Å². The smallest absolute Gasteiger partial charge is 0.124 e. The van der Waals surface area contributed by atoms with Gasteiger partial charge in [0.2, 0.25) is 0 Å². The first-order chi connectivity index (χ1) is 16.3. The van der Waals surface area contributed by atoms with E-state index in [1.165, 1.54) is 0 Å². The number of hydrogen-bond donors (Lipinski definition) is 1. The number of pyridine rings is 2. The highest BCUT2D eigenvalue weighted by molar-refractivity contribution is 6.76. The molecular weight excluding hydrogens is 440 g/mol. The number of nitrogens with zero attached hydrogens (tertiary/aromatic N) is 4. The molecule has 0 atom stereocenters. The number of ether oxygens (including phenoxy) is 1. The van der Waals surface area contributed by atoms with Crippen molar-refractivity contribution in [2.24, 2.45) is 0 Å². The fourth-order valence-electron chi connectivity index (χ4n) is 3.93. The summed E-state index contributed by atoms with van der Waals surface area (Å²) in [6.45, 7) is 10.5. The Hall–Kier alpha value is -2.87. The Kier molecular flexibility index (Phi) is 7.56. The third-order valence-electron chi connectivity index (χ3n) is 5.83. The number of fused-ring (bicyclic) bond motifs is 1. The van der Waals surface area contributed by atoms with Gasteiger partial charge >= 0.3 is 0 Å². The molecule has 3 aromatic heterocycles. The van der Waals surface area contributed by atoms with E-state index < -0.39 is 8.07 Å². The minimum absolute atomic E-state index is 0.182. The van der Waals surface area contributed by atoms with Crippen LogP contribution in [0.2, 0.25) is 25.7 Å². The lowest BCUT2D eigenvalue weighted by molar-refractivity contribution is 0.0882. The molecule has 0 amide bonds. The van der Waals surface area contributed by atoms with Crippen LogP contribution in [0, 0.1) is 6.92 Å². The molecule has 0 bridgehead atoms. The molecule has 178 valence electrons. The second kappa shape index (κ2) is 10.6. The predicted octanol–water partition coefficient (Wildman–Crippen LogP) is 5.71. The molecule has 3 heterocycles. The van der Waals surface area contributed by atoms with Gasteiger partial charge in [0.05, 0.1) is 23.2 Å². The lowest BCUT2D eigenvalue weighted by Gasteiger charge is -2.16. The third kappa shape index (κ3) is 5.97. The summed E-state index contributed by atoms with van der Waals surface area (Å²) in [6.07, 6.45) is 5.29. The van der Waals surface area contributed by atoms with Gasteiger partial charge in [-0.3, -0.25) is 9.97 Å². The van der Waals surface area contributed by atoms with E-state index in [1.807, 2.05) is 37.6 Å². The normalized spacial score (nSPS) is 11.9.